The van der Waals surface area contributed by atoms with Gasteiger partial charge >= 0.3 is 11.9 Å². The van der Waals surface area contributed by atoms with Crippen molar-refractivity contribution >= 4 is 11.9 Å². The first-order valence-corrected chi connectivity index (χ1v) is 5.39. The lowest BCUT2D eigenvalue weighted by molar-refractivity contribution is -0.149. The van der Waals surface area contributed by atoms with Gasteiger partial charge in [-0.25, -0.2) is 0 Å². The van der Waals surface area contributed by atoms with Crippen molar-refractivity contribution in [2.75, 3.05) is 13.2 Å². The van der Waals surface area contributed by atoms with Crippen LogP contribution >= 0.6 is 0 Å². The van der Waals surface area contributed by atoms with E-state index in [1.54, 1.807) is 0 Å². The molecule has 2 aliphatic rings. The van der Waals surface area contributed by atoms with Crippen molar-refractivity contribution in [1.82, 2.24) is 0 Å². The lowest BCUT2D eigenvalue weighted by Gasteiger charge is -2.16. The van der Waals surface area contributed by atoms with Crippen molar-refractivity contribution in [1.29, 1.82) is 0 Å². The van der Waals surface area contributed by atoms with Crippen LogP contribution in [0.1, 0.15) is 33.1 Å². The van der Waals surface area contributed by atoms with Crippen molar-refractivity contribution in [2.24, 2.45) is 11.8 Å². The first kappa shape index (κ1) is 12.0. The molecule has 0 amide bonds. The van der Waals surface area contributed by atoms with Gasteiger partial charge in [0.15, 0.2) is 0 Å². The number of hydrogen-bond donors (Lipinski definition) is 0. The summed E-state index contributed by atoms with van der Waals surface area (Å²) in [6.07, 6.45) is 2.22. The molecule has 2 rings (SSSR count). The zero-order valence-corrected chi connectivity index (χ0v) is 9.32. The van der Waals surface area contributed by atoms with Gasteiger partial charge < -0.3 is 9.47 Å². The largest absolute Gasteiger partial charge is 0.465 e. The van der Waals surface area contributed by atoms with Crippen LogP contribution in [0.25, 0.3) is 0 Å². The normalized spacial score (nSPS) is 30.0. The molecule has 86 valence electrons. The minimum Gasteiger partial charge on any atom is -0.465 e. The third kappa shape index (κ3) is 4.81. The highest BCUT2D eigenvalue weighted by molar-refractivity contribution is 5.71. The van der Waals surface area contributed by atoms with Crippen LogP contribution in [-0.2, 0) is 19.1 Å². The summed E-state index contributed by atoms with van der Waals surface area (Å²) in [5.74, 6) is 0.941. The summed E-state index contributed by atoms with van der Waals surface area (Å²) >= 11 is 0. The van der Waals surface area contributed by atoms with Crippen molar-refractivity contribution in [2.45, 2.75) is 33.1 Å². The van der Waals surface area contributed by atoms with Crippen LogP contribution in [0.4, 0.5) is 0 Å². The van der Waals surface area contributed by atoms with E-state index >= 15 is 0 Å². The number of cyclic esters (lactones) is 2. The Labute approximate surface area is 89.9 Å². The average Bonchev–Trinajstić information content (AvgIpc) is 2.56. The highest BCUT2D eigenvalue weighted by Gasteiger charge is 2.18. The van der Waals surface area contributed by atoms with Crippen molar-refractivity contribution < 1.29 is 19.1 Å². The zero-order valence-electron chi connectivity index (χ0n) is 9.32. The van der Waals surface area contributed by atoms with E-state index in [0.29, 0.717) is 37.9 Å². The van der Waals surface area contributed by atoms with E-state index in [9.17, 15) is 9.59 Å². The minimum atomic E-state index is -0.0486. The molecule has 0 aromatic carbocycles. The van der Waals surface area contributed by atoms with Crippen LogP contribution < -0.4 is 0 Å². The molecule has 2 fully saturated rings. The molecule has 2 unspecified atom stereocenters. The Hall–Kier alpha value is -1.06. The van der Waals surface area contributed by atoms with Crippen LogP contribution in [-0.4, -0.2) is 25.2 Å². The zero-order chi connectivity index (χ0) is 11.3. The molecule has 0 aliphatic carbocycles. The predicted octanol–water partition coefficient (Wildman–Crippen LogP) is 1.53. The summed E-state index contributed by atoms with van der Waals surface area (Å²) in [5.41, 5.74) is 0. The van der Waals surface area contributed by atoms with Crippen LogP contribution in [0.5, 0.6) is 0 Å². The van der Waals surface area contributed by atoms with Gasteiger partial charge in [-0.05, 0) is 12.3 Å². The van der Waals surface area contributed by atoms with Gasteiger partial charge in [-0.1, -0.05) is 13.8 Å². The van der Waals surface area contributed by atoms with Crippen molar-refractivity contribution in [3.05, 3.63) is 0 Å². The van der Waals surface area contributed by atoms with Crippen LogP contribution in [0.15, 0.2) is 0 Å². The van der Waals surface area contributed by atoms with E-state index < -0.39 is 0 Å². The maximum atomic E-state index is 10.4. The molecule has 0 aromatic heterocycles. The maximum absolute atomic E-state index is 10.4. The number of carbonyl (C=O) groups is 2. The Morgan fingerprint density at radius 1 is 1.00 bits per heavy atom. The Balaban J connectivity index is 0.000000151. The topological polar surface area (TPSA) is 52.6 Å². The van der Waals surface area contributed by atoms with Gasteiger partial charge in [0, 0.05) is 12.3 Å². The number of carbonyl (C=O) groups excluding carboxylic acids is 2. The summed E-state index contributed by atoms with van der Waals surface area (Å²) < 4.78 is 9.38. The SMILES string of the molecule is CC1CCC(=O)OC1.CC1COC(=O)C1. The quantitative estimate of drug-likeness (QED) is 0.574. The molecule has 0 N–H and O–H groups in total. The van der Waals surface area contributed by atoms with Gasteiger partial charge in [0.1, 0.15) is 0 Å². The molecule has 0 bridgehead atoms. The van der Waals surface area contributed by atoms with Gasteiger partial charge in [0.25, 0.3) is 0 Å². The first-order valence-electron chi connectivity index (χ1n) is 5.39. The standard InChI is InChI=1S/C6H10O2.C5H8O2/c1-5-2-3-6(7)8-4-5;1-4-2-5(6)7-3-4/h5H,2-4H2,1H3;4H,2-3H2,1H3. The summed E-state index contributed by atoms with van der Waals surface area (Å²) in [4.78, 5) is 20.6. The number of ether oxygens (including phenoxy) is 2. The van der Waals surface area contributed by atoms with E-state index in [0.717, 1.165) is 6.42 Å². The molecular weight excluding hydrogens is 196 g/mol. The second-order valence-electron chi connectivity index (χ2n) is 4.32. The second-order valence-corrected chi connectivity index (χ2v) is 4.32. The number of hydrogen-bond acceptors (Lipinski definition) is 4. The molecular formula is C11H18O4. The molecule has 0 spiro atoms. The van der Waals surface area contributed by atoms with E-state index in [1.807, 2.05) is 6.92 Å². The third-order valence-corrected chi connectivity index (χ3v) is 2.41. The molecule has 0 saturated carbocycles. The summed E-state index contributed by atoms with van der Waals surface area (Å²) in [6, 6.07) is 0. The highest BCUT2D eigenvalue weighted by Crippen LogP contribution is 2.12. The van der Waals surface area contributed by atoms with Gasteiger partial charge in [0.05, 0.1) is 19.6 Å². The van der Waals surface area contributed by atoms with Gasteiger partial charge in [0.2, 0.25) is 0 Å². The molecule has 2 saturated heterocycles. The number of rotatable bonds is 0. The Kier molecular flexibility index (Phi) is 4.59. The van der Waals surface area contributed by atoms with Crippen LogP contribution in [0.3, 0.4) is 0 Å². The van der Waals surface area contributed by atoms with Crippen molar-refractivity contribution in [3.8, 4) is 0 Å². The molecule has 2 heterocycles. The predicted molar refractivity (Wildman–Crippen MR) is 54.1 cm³/mol. The molecule has 0 radical (unpaired) electrons. The Bertz CT molecular complexity index is 227. The summed E-state index contributed by atoms with van der Waals surface area (Å²) in [6.45, 7) is 5.34. The molecule has 2 aliphatic heterocycles. The molecule has 2 atom stereocenters. The van der Waals surface area contributed by atoms with E-state index in [-0.39, 0.29) is 11.9 Å². The minimum absolute atomic E-state index is 0.0388. The molecule has 0 aromatic rings. The van der Waals surface area contributed by atoms with Gasteiger partial charge in [-0.15, -0.1) is 0 Å². The van der Waals surface area contributed by atoms with Gasteiger partial charge in [-0.2, -0.15) is 0 Å². The molecule has 4 nitrogen and oxygen atoms in total. The average molecular weight is 214 g/mol. The Morgan fingerprint density at radius 3 is 1.87 bits per heavy atom. The second kappa shape index (κ2) is 5.73. The summed E-state index contributed by atoms with van der Waals surface area (Å²) in [5, 5.41) is 0. The fourth-order valence-electron chi connectivity index (χ4n) is 1.39. The van der Waals surface area contributed by atoms with Crippen molar-refractivity contribution in [3.63, 3.8) is 0 Å². The highest BCUT2D eigenvalue weighted by atomic mass is 16.5. The van der Waals surface area contributed by atoms with Gasteiger partial charge in [-0.3, -0.25) is 9.59 Å². The summed E-state index contributed by atoms with van der Waals surface area (Å²) in [7, 11) is 0. The fraction of sp³-hybridized carbons (Fsp3) is 0.818. The smallest absolute Gasteiger partial charge is 0.306 e. The maximum Gasteiger partial charge on any atom is 0.306 e. The van der Waals surface area contributed by atoms with E-state index in [4.69, 9.17) is 4.74 Å². The third-order valence-electron chi connectivity index (χ3n) is 2.41. The lowest BCUT2D eigenvalue weighted by Crippen LogP contribution is -2.18. The van der Waals surface area contributed by atoms with Crippen LogP contribution in [0.2, 0.25) is 0 Å². The van der Waals surface area contributed by atoms with Crippen LogP contribution in [0, 0.1) is 11.8 Å². The van der Waals surface area contributed by atoms with E-state index in [2.05, 4.69) is 11.7 Å². The molecule has 4 heteroatoms. The lowest BCUT2D eigenvalue weighted by atomic mass is 10.1. The molecule has 15 heavy (non-hydrogen) atoms. The van der Waals surface area contributed by atoms with E-state index in [1.165, 1.54) is 0 Å². The first-order chi connectivity index (χ1) is 7.08. The fourth-order valence-corrected chi connectivity index (χ4v) is 1.39. The monoisotopic (exact) mass is 214 g/mol. The number of esters is 2. The Morgan fingerprint density at radius 2 is 1.60 bits per heavy atom.